The van der Waals surface area contributed by atoms with Gasteiger partial charge in [-0.15, -0.1) is 0 Å². The van der Waals surface area contributed by atoms with Crippen LogP contribution in [-0.2, 0) is 9.53 Å². The van der Waals surface area contributed by atoms with Gasteiger partial charge in [-0.1, -0.05) is 37.3 Å². The van der Waals surface area contributed by atoms with E-state index in [2.05, 4.69) is 6.92 Å². The molecule has 0 radical (unpaired) electrons. The highest BCUT2D eigenvalue weighted by Crippen LogP contribution is 2.16. The number of carbonyl (C=O) groups excluding carboxylic acids is 1. The SMILES string of the molecule is CCC1CN(C(=O)C(N)c2ccccc2)CCO1. The fourth-order valence-corrected chi connectivity index (χ4v) is 2.17. The topological polar surface area (TPSA) is 55.6 Å². The zero-order valence-electron chi connectivity index (χ0n) is 10.7. The van der Waals surface area contributed by atoms with Crippen LogP contribution in [0.2, 0.25) is 0 Å². The minimum Gasteiger partial charge on any atom is -0.375 e. The average molecular weight is 248 g/mol. The zero-order valence-corrected chi connectivity index (χ0v) is 10.7. The summed E-state index contributed by atoms with van der Waals surface area (Å²) in [6, 6.07) is 8.93. The van der Waals surface area contributed by atoms with Gasteiger partial charge in [0.1, 0.15) is 6.04 Å². The Hall–Kier alpha value is -1.39. The van der Waals surface area contributed by atoms with Crippen LogP contribution in [0.5, 0.6) is 0 Å². The Balaban J connectivity index is 2.02. The Morgan fingerprint density at radius 2 is 2.22 bits per heavy atom. The number of benzene rings is 1. The molecule has 1 heterocycles. The number of carbonyl (C=O) groups is 1. The van der Waals surface area contributed by atoms with E-state index in [9.17, 15) is 4.79 Å². The Morgan fingerprint density at radius 3 is 2.89 bits per heavy atom. The quantitative estimate of drug-likeness (QED) is 0.878. The smallest absolute Gasteiger partial charge is 0.244 e. The maximum Gasteiger partial charge on any atom is 0.244 e. The van der Waals surface area contributed by atoms with Crippen molar-refractivity contribution in [1.82, 2.24) is 4.90 Å². The highest BCUT2D eigenvalue weighted by molar-refractivity contribution is 5.83. The van der Waals surface area contributed by atoms with Gasteiger partial charge in [-0.25, -0.2) is 0 Å². The number of amides is 1. The van der Waals surface area contributed by atoms with Crippen molar-refractivity contribution < 1.29 is 9.53 Å². The lowest BCUT2D eigenvalue weighted by atomic mass is 10.1. The van der Waals surface area contributed by atoms with Gasteiger partial charge in [0, 0.05) is 13.1 Å². The summed E-state index contributed by atoms with van der Waals surface area (Å²) in [4.78, 5) is 14.1. The van der Waals surface area contributed by atoms with Crippen LogP contribution in [0.4, 0.5) is 0 Å². The third kappa shape index (κ3) is 2.89. The van der Waals surface area contributed by atoms with Crippen molar-refractivity contribution in [3.8, 4) is 0 Å². The maximum atomic E-state index is 12.3. The number of morpholine rings is 1. The summed E-state index contributed by atoms with van der Waals surface area (Å²) in [6.07, 6.45) is 1.07. The molecular weight excluding hydrogens is 228 g/mol. The van der Waals surface area contributed by atoms with Crippen LogP contribution in [-0.4, -0.2) is 36.6 Å². The van der Waals surface area contributed by atoms with Crippen LogP contribution in [0.1, 0.15) is 24.9 Å². The molecule has 1 aliphatic heterocycles. The second-order valence-electron chi connectivity index (χ2n) is 4.57. The van der Waals surface area contributed by atoms with Crippen molar-refractivity contribution in [3.63, 3.8) is 0 Å². The number of hydrogen-bond acceptors (Lipinski definition) is 3. The fraction of sp³-hybridized carbons (Fsp3) is 0.500. The van der Waals surface area contributed by atoms with Gasteiger partial charge in [0.2, 0.25) is 5.91 Å². The molecule has 4 heteroatoms. The van der Waals surface area contributed by atoms with Crippen molar-refractivity contribution >= 4 is 5.91 Å². The van der Waals surface area contributed by atoms with E-state index < -0.39 is 6.04 Å². The van der Waals surface area contributed by atoms with Gasteiger partial charge < -0.3 is 15.4 Å². The molecule has 0 bridgehead atoms. The predicted octanol–water partition coefficient (Wildman–Crippen LogP) is 1.32. The number of nitrogens with two attached hydrogens (primary N) is 1. The predicted molar refractivity (Wildman–Crippen MR) is 70.0 cm³/mol. The summed E-state index contributed by atoms with van der Waals surface area (Å²) in [5.41, 5.74) is 6.89. The summed E-state index contributed by atoms with van der Waals surface area (Å²) in [5, 5.41) is 0. The monoisotopic (exact) mass is 248 g/mol. The van der Waals surface area contributed by atoms with Crippen molar-refractivity contribution in [3.05, 3.63) is 35.9 Å². The average Bonchev–Trinajstić information content (AvgIpc) is 2.46. The molecule has 1 amide bonds. The number of nitrogens with zero attached hydrogens (tertiary/aromatic N) is 1. The zero-order chi connectivity index (χ0) is 13.0. The first kappa shape index (κ1) is 13.1. The molecular formula is C14H20N2O2. The van der Waals surface area contributed by atoms with Crippen LogP contribution in [0, 0.1) is 0 Å². The Kier molecular flexibility index (Phi) is 4.33. The number of hydrogen-bond donors (Lipinski definition) is 1. The molecule has 4 nitrogen and oxygen atoms in total. The molecule has 98 valence electrons. The third-order valence-electron chi connectivity index (χ3n) is 3.33. The lowest BCUT2D eigenvalue weighted by Gasteiger charge is -2.34. The van der Waals surface area contributed by atoms with Crippen LogP contribution in [0.3, 0.4) is 0 Å². The number of rotatable bonds is 3. The largest absolute Gasteiger partial charge is 0.375 e. The van der Waals surface area contributed by atoms with Gasteiger partial charge in [0.05, 0.1) is 12.7 Å². The molecule has 0 aliphatic carbocycles. The van der Waals surface area contributed by atoms with E-state index in [1.807, 2.05) is 35.2 Å². The van der Waals surface area contributed by atoms with Crippen LogP contribution in [0.15, 0.2) is 30.3 Å². The first-order valence-electron chi connectivity index (χ1n) is 6.43. The van der Waals surface area contributed by atoms with Gasteiger partial charge >= 0.3 is 0 Å². The molecule has 2 atom stereocenters. The van der Waals surface area contributed by atoms with Crippen molar-refractivity contribution in [2.45, 2.75) is 25.5 Å². The van der Waals surface area contributed by atoms with Crippen molar-refractivity contribution in [2.24, 2.45) is 5.73 Å². The Morgan fingerprint density at radius 1 is 1.50 bits per heavy atom. The second-order valence-corrected chi connectivity index (χ2v) is 4.57. The molecule has 1 aromatic carbocycles. The summed E-state index contributed by atoms with van der Waals surface area (Å²) < 4.78 is 5.56. The standard InChI is InChI=1S/C14H20N2O2/c1-2-12-10-16(8-9-18-12)14(17)13(15)11-6-4-3-5-7-11/h3-7,12-13H,2,8-10,15H2,1H3. The fourth-order valence-electron chi connectivity index (χ4n) is 2.17. The van der Waals surface area contributed by atoms with Crippen molar-refractivity contribution in [1.29, 1.82) is 0 Å². The molecule has 0 spiro atoms. The molecule has 2 N–H and O–H groups in total. The van der Waals surface area contributed by atoms with Crippen LogP contribution in [0.25, 0.3) is 0 Å². The summed E-state index contributed by atoms with van der Waals surface area (Å²) in [7, 11) is 0. The lowest BCUT2D eigenvalue weighted by Crippen LogP contribution is -2.48. The lowest BCUT2D eigenvalue weighted by molar-refractivity contribution is -0.140. The first-order valence-corrected chi connectivity index (χ1v) is 6.43. The van der Waals surface area contributed by atoms with E-state index in [0.717, 1.165) is 12.0 Å². The molecule has 0 saturated carbocycles. The Labute approximate surface area is 108 Å². The van der Waals surface area contributed by atoms with Crippen LogP contribution < -0.4 is 5.73 Å². The van der Waals surface area contributed by atoms with Gasteiger partial charge in [0.15, 0.2) is 0 Å². The van der Waals surface area contributed by atoms with E-state index >= 15 is 0 Å². The van der Waals surface area contributed by atoms with E-state index in [-0.39, 0.29) is 12.0 Å². The molecule has 1 saturated heterocycles. The van der Waals surface area contributed by atoms with Gasteiger partial charge in [-0.05, 0) is 12.0 Å². The molecule has 18 heavy (non-hydrogen) atoms. The molecule has 2 rings (SSSR count). The molecule has 0 aromatic heterocycles. The summed E-state index contributed by atoms with van der Waals surface area (Å²) in [5.74, 6) is -0.0112. The van der Waals surface area contributed by atoms with Gasteiger partial charge in [-0.3, -0.25) is 4.79 Å². The minimum atomic E-state index is -0.568. The highest BCUT2D eigenvalue weighted by atomic mass is 16.5. The highest BCUT2D eigenvalue weighted by Gasteiger charge is 2.27. The summed E-state index contributed by atoms with van der Waals surface area (Å²) in [6.45, 7) is 3.95. The molecule has 1 fully saturated rings. The normalized spacial score (nSPS) is 21.7. The van der Waals surface area contributed by atoms with E-state index in [4.69, 9.17) is 10.5 Å². The first-order chi connectivity index (χ1) is 8.72. The Bertz CT molecular complexity index is 394. The minimum absolute atomic E-state index is 0.0112. The molecule has 1 aromatic rings. The van der Waals surface area contributed by atoms with Crippen LogP contribution >= 0.6 is 0 Å². The van der Waals surface area contributed by atoms with E-state index in [1.165, 1.54) is 0 Å². The molecule has 1 aliphatic rings. The van der Waals surface area contributed by atoms with E-state index in [0.29, 0.717) is 19.7 Å². The van der Waals surface area contributed by atoms with Gasteiger partial charge in [0.25, 0.3) is 0 Å². The second kappa shape index (κ2) is 5.98. The van der Waals surface area contributed by atoms with Gasteiger partial charge in [-0.2, -0.15) is 0 Å². The molecule has 2 unspecified atom stereocenters. The third-order valence-corrected chi connectivity index (χ3v) is 3.33. The number of ether oxygens (including phenoxy) is 1. The summed E-state index contributed by atoms with van der Waals surface area (Å²) >= 11 is 0. The van der Waals surface area contributed by atoms with Crippen molar-refractivity contribution in [2.75, 3.05) is 19.7 Å². The maximum absolute atomic E-state index is 12.3. The van der Waals surface area contributed by atoms with E-state index in [1.54, 1.807) is 0 Å².